The number of hydrogen-bond donors (Lipinski definition) is 0. The van der Waals surface area contributed by atoms with E-state index in [4.69, 9.17) is 21.1 Å². The Kier molecular flexibility index (Phi) is 4.50. The maximum atomic E-state index is 12.8. The van der Waals surface area contributed by atoms with Gasteiger partial charge < -0.3 is 9.47 Å². The quantitative estimate of drug-likeness (QED) is 0.823. The van der Waals surface area contributed by atoms with E-state index in [2.05, 4.69) is 4.98 Å². The number of nitrogens with zero attached hydrogens (tertiary/aromatic N) is 2. The van der Waals surface area contributed by atoms with Gasteiger partial charge in [-0.15, -0.1) is 11.3 Å². The molecule has 6 nitrogen and oxygen atoms in total. The highest BCUT2D eigenvalue weighted by Gasteiger charge is 2.27. The van der Waals surface area contributed by atoms with E-state index >= 15 is 0 Å². The molecule has 0 unspecified atom stereocenters. The average Bonchev–Trinajstić information content (AvgIpc) is 2.91. The van der Waals surface area contributed by atoms with Gasteiger partial charge in [0.25, 0.3) is 0 Å². The van der Waals surface area contributed by atoms with Crippen LogP contribution in [0.1, 0.15) is 10.6 Å². The van der Waals surface area contributed by atoms with Crippen molar-refractivity contribution in [3.8, 4) is 11.5 Å². The van der Waals surface area contributed by atoms with E-state index in [0.717, 1.165) is 10.6 Å². The van der Waals surface area contributed by atoms with Gasteiger partial charge in [-0.25, -0.2) is 13.4 Å². The molecule has 124 valence electrons. The second-order valence-electron chi connectivity index (χ2n) is 5.05. The van der Waals surface area contributed by atoms with Gasteiger partial charge in [0.05, 0.1) is 16.2 Å². The number of hydrogen-bond acceptors (Lipinski definition) is 6. The SMILES string of the molecule is Cc1ncsc1CN(C)S(=O)(=O)c1cc2c(cc1Cl)OCCO2. The number of aromatic nitrogens is 1. The highest BCUT2D eigenvalue weighted by Crippen LogP contribution is 2.38. The number of aryl methyl sites for hydroxylation is 1. The minimum Gasteiger partial charge on any atom is -0.486 e. The van der Waals surface area contributed by atoms with Gasteiger partial charge in [0, 0.05) is 30.6 Å². The van der Waals surface area contributed by atoms with Gasteiger partial charge in [-0.2, -0.15) is 4.31 Å². The number of halogens is 1. The standard InChI is InChI=1S/C14H15ClN2O4S2/c1-9-13(22-8-16-9)7-17(2)23(18,19)14-6-12-11(5-10(14)15)20-3-4-21-12/h5-6,8H,3-4,7H2,1-2H3. The maximum Gasteiger partial charge on any atom is 0.244 e. The van der Waals surface area contributed by atoms with Gasteiger partial charge in [0.2, 0.25) is 10.0 Å². The summed E-state index contributed by atoms with van der Waals surface area (Å²) >= 11 is 7.57. The number of sulfonamides is 1. The van der Waals surface area contributed by atoms with Crippen molar-refractivity contribution in [1.82, 2.24) is 9.29 Å². The highest BCUT2D eigenvalue weighted by molar-refractivity contribution is 7.89. The number of rotatable bonds is 4. The molecule has 1 aromatic heterocycles. The van der Waals surface area contributed by atoms with Crippen molar-refractivity contribution < 1.29 is 17.9 Å². The van der Waals surface area contributed by atoms with Crippen molar-refractivity contribution in [2.24, 2.45) is 0 Å². The van der Waals surface area contributed by atoms with Crippen LogP contribution in [0.25, 0.3) is 0 Å². The summed E-state index contributed by atoms with van der Waals surface area (Å²) in [7, 11) is -2.24. The third kappa shape index (κ3) is 3.16. The van der Waals surface area contributed by atoms with Gasteiger partial charge >= 0.3 is 0 Å². The van der Waals surface area contributed by atoms with E-state index < -0.39 is 10.0 Å². The van der Waals surface area contributed by atoms with Crippen LogP contribution in [0.5, 0.6) is 11.5 Å². The lowest BCUT2D eigenvalue weighted by atomic mass is 10.3. The first-order valence-corrected chi connectivity index (χ1v) is 9.54. The molecule has 1 aliphatic heterocycles. The van der Waals surface area contributed by atoms with Crippen molar-refractivity contribution in [1.29, 1.82) is 0 Å². The third-order valence-corrected chi connectivity index (χ3v) is 6.68. The van der Waals surface area contributed by atoms with E-state index in [1.807, 2.05) is 6.92 Å². The lowest BCUT2D eigenvalue weighted by Gasteiger charge is -2.22. The molecule has 23 heavy (non-hydrogen) atoms. The Morgan fingerprint density at radius 2 is 1.96 bits per heavy atom. The van der Waals surface area contributed by atoms with Gasteiger partial charge in [0.15, 0.2) is 11.5 Å². The minimum atomic E-state index is -3.75. The molecule has 0 radical (unpaired) electrons. The Morgan fingerprint density at radius 3 is 2.57 bits per heavy atom. The Bertz CT molecular complexity index is 835. The first kappa shape index (κ1) is 16.5. The smallest absolute Gasteiger partial charge is 0.244 e. The van der Waals surface area contributed by atoms with Crippen molar-refractivity contribution in [3.63, 3.8) is 0 Å². The van der Waals surface area contributed by atoms with Crippen LogP contribution in [-0.2, 0) is 16.6 Å². The lowest BCUT2D eigenvalue weighted by Crippen LogP contribution is -2.27. The van der Waals surface area contributed by atoms with Gasteiger partial charge in [0.1, 0.15) is 18.1 Å². The second-order valence-corrected chi connectivity index (χ2v) is 8.41. The zero-order valence-electron chi connectivity index (χ0n) is 12.6. The zero-order chi connectivity index (χ0) is 16.6. The van der Waals surface area contributed by atoms with Crippen LogP contribution >= 0.6 is 22.9 Å². The summed E-state index contributed by atoms with van der Waals surface area (Å²) in [4.78, 5) is 5.03. The fourth-order valence-electron chi connectivity index (χ4n) is 2.18. The largest absolute Gasteiger partial charge is 0.486 e. The summed E-state index contributed by atoms with van der Waals surface area (Å²) < 4.78 is 37.7. The molecule has 2 heterocycles. The molecule has 0 spiro atoms. The highest BCUT2D eigenvalue weighted by atomic mass is 35.5. The predicted octanol–water partition coefficient (Wildman–Crippen LogP) is 2.70. The summed E-state index contributed by atoms with van der Waals surface area (Å²) in [6.07, 6.45) is 0. The number of benzene rings is 1. The first-order chi connectivity index (χ1) is 10.9. The second kappa shape index (κ2) is 6.27. The first-order valence-electron chi connectivity index (χ1n) is 6.84. The molecule has 0 saturated heterocycles. The maximum absolute atomic E-state index is 12.8. The molecule has 0 fully saturated rings. The third-order valence-electron chi connectivity index (χ3n) is 3.50. The van der Waals surface area contributed by atoms with E-state index in [1.54, 1.807) is 5.51 Å². The molecule has 3 rings (SSSR count). The van der Waals surface area contributed by atoms with Crippen molar-refractivity contribution >= 4 is 33.0 Å². The molecular formula is C14H15ClN2O4S2. The predicted molar refractivity (Wildman–Crippen MR) is 87.9 cm³/mol. The number of thiazole rings is 1. The lowest BCUT2D eigenvalue weighted by molar-refractivity contribution is 0.171. The number of fused-ring (bicyclic) bond motifs is 1. The summed E-state index contributed by atoms with van der Waals surface area (Å²) in [5, 5.41) is 0.113. The Hall–Kier alpha value is -1.35. The normalized spacial score (nSPS) is 14.3. The van der Waals surface area contributed by atoms with E-state index in [-0.39, 0.29) is 16.5 Å². The van der Waals surface area contributed by atoms with Gasteiger partial charge in [-0.3, -0.25) is 0 Å². The number of ether oxygens (including phenoxy) is 2. The zero-order valence-corrected chi connectivity index (χ0v) is 15.0. The van der Waals surface area contributed by atoms with Crippen LogP contribution in [0, 0.1) is 6.92 Å². The van der Waals surface area contributed by atoms with Crippen LogP contribution in [0.4, 0.5) is 0 Å². The summed E-state index contributed by atoms with van der Waals surface area (Å²) in [6, 6.07) is 2.90. The fraction of sp³-hybridized carbons (Fsp3) is 0.357. The van der Waals surface area contributed by atoms with Gasteiger partial charge in [-0.05, 0) is 6.92 Å². The molecule has 0 amide bonds. The summed E-state index contributed by atoms with van der Waals surface area (Å²) in [6.45, 7) is 2.89. The molecule has 0 bridgehead atoms. The van der Waals surface area contributed by atoms with E-state index in [9.17, 15) is 8.42 Å². The molecule has 0 saturated carbocycles. The monoisotopic (exact) mass is 374 g/mol. The van der Waals surface area contributed by atoms with Crippen LogP contribution in [-0.4, -0.2) is 38.0 Å². The van der Waals surface area contributed by atoms with Crippen molar-refractivity contribution in [2.75, 3.05) is 20.3 Å². The Balaban J connectivity index is 1.94. The molecule has 1 aliphatic rings. The van der Waals surface area contributed by atoms with E-state index in [1.165, 1.54) is 34.8 Å². The van der Waals surface area contributed by atoms with Crippen LogP contribution < -0.4 is 9.47 Å². The summed E-state index contributed by atoms with van der Waals surface area (Å²) in [5.41, 5.74) is 2.52. The Morgan fingerprint density at radius 1 is 1.30 bits per heavy atom. The topological polar surface area (TPSA) is 68.7 Å². The Labute approximate surface area is 143 Å². The molecule has 2 aromatic rings. The average molecular weight is 375 g/mol. The molecule has 1 aromatic carbocycles. The van der Waals surface area contributed by atoms with Crippen molar-refractivity contribution in [2.45, 2.75) is 18.4 Å². The van der Waals surface area contributed by atoms with Crippen LogP contribution in [0.3, 0.4) is 0 Å². The molecule has 9 heteroatoms. The minimum absolute atomic E-state index is 0.00749. The van der Waals surface area contributed by atoms with Crippen LogP contribution in [0.15, 0.2) is 22.5 Å². The van der Waals surface area contributed by atoms with Crippen molar-refractivity contribution in [3.05, 3.63) is 33.2 Å². The summed E-state index contributed by atoms with van der Waals surface area (Å²) in [5.74, 6) is 0.850. The van der Waals surface area contributed by atoms with Gasteiger partial charge in [-0.1, -0.05) is 11.6 Å². The molecule has 0 N–H and O–H groups in total. The molecule has 0 atom stereocenters. The van der Waals surface area contributed by atoms with Crippen LogP contribution in [0.2, 0.25) is 5.02 Å². The van der Waals surface area contributed by atoms with E-state index in [0.29, 0.717) is 24.7 Å². The fourth-order valence-corrected chi connectivity index (χ4v) is 4.73. The molecular weight excluding hydrogens is 360 g/mol. The molecule has 0 aliphatic carbocycles.